The third-order valence-corrected chi connectivity index (χ3v) is 4.42. The van der Waals surface area contributed by atoms with Crippen LogP contribution in [0.4, 0.5) is 0 Å². The number of benzene rings is 1. The molecular formula is C16H13ClN4OS. The Kier molecular flexibility index (Phi) is 4.55. The van der Waals surface area contributed by atoms with Crippen molar-refractivity contribution >= 4 is 34.6 Å². The molecule has 3 aromatic rings. The number of H-pyrrole nitrogens is 1. The molecule has 0 aliphatic rings. The number of halogens is 1. The lowest BCUT2D eigenvalue weighted by atomic mass is 10.1. The molecule has 0 aliphatic heterocycles. The van der Waals surface area contributed by atoms with E-state index in [1.54, 1.807) is 30.4 Å². The molecule has 5 nitrogen and oxygen atoms in total. The molecule has 0 bridgehead atoms. The molecule has 2 N–H and O–H groups in total. The van der Waals surface area contributed by atoms with Crippen molar-refractivity contribution in [2.75, 3.05) is 0 Å². The zero-order chi connectivity index (χ0) is 16.2. The smallest absolute Gasteiger partial charge is 0.276 e. The summed E-state index contributed by atoms with van der Waals surface area (Å²) >= 11 is 7.68. The van der Waals surface area contributed by atoms with Gasteiger partial charge in [-0.3, -0.25) is 9.89 Å². The van der Waals surface area contributed by atoms with E-state index in [1.165, 1.54) is 0 Å². The first-order chi connectivity index (χ1) is 11.1. The summed E-state index contributed by atoms with van der Waals surface area (Å²) in [5.74, 6) is -0.379. The average molecular weight is 345 g/mol. The van der Waals surface area contributed by atoms with Crippen LogP contribution in [-0.2, 0) is 0 Å². The molecule has 0 saturated carbocycles. The minimum absolute atomic E-state index is 0.282. The zero-order valence-corrected chi connectivity index (χ0v) is 13.8. The lowest BCUT2D eigenvalue weighted by Gasteiger charge is -2.03. The maximum Gasteiger partial charge on any atom is 0.291 e. The van der Waals surface area contributed by atoms with Gasteiger partial charge in [0.1, 0.15) is 0 Å². The van der Waals surface area contributed by atoms with Crippen LogP contribution < -0.4 is 5.43 Å². The number of aromatic nitrogens is 2. The van der Waals surface area contributed by atoms with Crippen LogP contribution in [0.15, 0.2) is 52.9 Å². The highest BCUT2D eigenvalue weighted by Crippen LogP contribution is 2.22. The average Bonchev–Trinajstić information content (AvgIpc) is 3.23. The molecule has 7 heteroatoms. The highest BCUT2D eigenvalue weighted by Gasteiger charge is 2.12. The van der Waals surface area contributed by atoms with Gasteiger partial charge in [0, 0.05) is 10.6 Å². The number of hydrogen-bond acceptors (Lipinski definition) is 4. The molecule has 0 fully saturated rings. The molecule has 23 heavy (non-hydrogen) atoms. The van der Waals surface area contributed by atoms with Gasteiger partial charge in [-0.1, -0.05) is 35.9 Å². The van der Waals surface area contributed by atoms with Gasteiger partial charge >= 0.3 is 0 Å². The standard InChI is InChI=1S/C16H13ClN4OS/c1-10(11-5-2-3-6-12(11)17)18-21-16(22)14-9-13(19-20-14)15-7-4-8-23-15/h2-9H,1H3,(H,19,20)(H,21,22). The Bertz CT molecular complexity index is 855. The zero-order valence-electron chi connectivity index (χ0n) is 12.2. The summed E-state index contributed by atoms with van der Waals surface area (Å²) < 4.78 is 0. The fourth-order valence-electron chi connectivity index (χ4n) is 2.00. The number of nitrogens with one attached hydrogen (secondary N) is 2. The summed E-state index contributed by atoms with van der Waals surface area (Å²) in [6, 6.07) is 12.9. The second kappa shape index (κ2) is 6.76. The van der Waals surface area contributed by atoms with Gasteiger partial charge in [0.05, 0.1) is 16.3 Å². The van der Waals surface area contributed by atoms with Crippen LogP contribution in [0, 0.1) is 0 Å². The molecule has 2 aromatic heterocycles. The highest BCUT2D eigenvalue weighted by molar-refractivity contribution is 7.13. The van der Waals surface area contributed by atoms with Crippen LogP contribution in [0.5, 0.6) is 0 Å². The van der Waals surface area contributed by atoms with Gasteiger partial charge in [0.25, 0.3) is 5.91 Å². The molecule has 1 amide bonds. The van der Waals surface area contributed by atoms with Crippen LogP contribution in [-0.4, -0.2) is 21.8 Å². The maximum atomic E-state index is 12.1. The van der Waals surface area contributed by atoms with Crippen molar-refractivity contribution in [2.24, 2.45) is 5.10 Å². The lowest BCUT2D eigenvalue weighted by Crippen LogP contribution is -2.19. The molecule has 0 unspecified atom stereocenters. The van der Waals surface area contributed by atoms with Gasteiger partial charge in [-0.15, -0.1) is 11.3 Å². The van der Waals surface area contributed by atoms with Gasteiger partial charge in [0.2, 0.25) is 0 Å². The van der Waals surface area contributed by atoms with E-state index in [0.717, 1.165) is 16.1 Å². The van der Waals surface area contributed by atoms with Gasteiger partial charge < -0.3 is 0 Å². The number of thiophene rings is 1. The molecule has 0 saturated heterocycles. The number of nitrogens with zero attached hydrogens (tertiary/aromatic N) is 2. The third kappa shape index (κ3) is 3.49. The van der Waals surface area contributed by atoms with Crippen LogP contribution in [0.1, 0.15) is 23.0 Å². The molecule has 0 radical (unpaired) electrons. The van der Waals surface area contributed by atoms with Crippen molar-refractivity contribution in [3.63, 3.8) is 0 Å². The summed E-state index contributed by atoms with van der Waals surface area (Å²) in [4.78, 5) is 13.1. The van der Waals surface area contributed by atoms with Gasteiger partial charge in [0.15, 0.2) is 5.69 Å². The van der Waals surface area contributed by atoms with Crippen LogP contribution in [0.3, 0.4) is 0 Å². The van der Waals surface area contributed by atoms with Gasteiger partial charge in [-0.2, -0.15) is 10.2 Å². The Morgan fingerprint density at radius 3 is 2.87 bits per heavy atom. The Balaban J connectivity index is 1.72. The Labute approximate surface area is 142 Å². The van der Waals surface area contributed by atoms with Gasteiger partial charge in [-0.25, -0.2) is 5.43 Å². The number of hydrogen-bond donors (Lipinski definition) is 2. The predicted octanol–water partition coefficient (Wildman–Crippen LogP) is 3.95. The quantitative estimate of drug-likeness (QED) is 0.555. The van der Waals surface area contributed by atoms with Crippen molar-refractivity contribution < 1.29 is 4.79 Å². The lowest BCUT2D eigenvalue weighted by molar-refractivity contribution is 0.0950. The first-order valence-electron chi connectivity index (χ1n) is 6.84. The van der Waals surface area contributed by atoms with E-state index >= 15 is 0 Å². The second-order valence-corrected chi connectivity index (χ2v) is 6.12. The van der Waals surface area contributed by atoms with E-state index in [-0.39, 0.29) is 11.6 Å². The maximum absolute atomic E-state index is 12.1. The second-order valence-electron chi connectivity index (χ2n) is 4.76. The number of rotatable bonds is 4. The molecule has 116 valence electrons. The summed E-state index contributed by atoms with van der Waals surface area (Å²) in [5, 5.41) is 13.5. The summed E-state index contributed by atoms with van der Waals surface area (Å²) in [6.45, 7) is 1.78. The summed E-state index contributed by atoms with van der Waals surface area (Å²) in [6.07, 6.45) is 0. The SMILES string of the molecule is CC(=NNC(=O)c1cc(-c2cccs2)[nH]n1)c1ccccc1Cl. The minimum Gasteiger partial charge on any atom is -0.276 e. The number of carbonyl (C=O) groups is 1. The van der Waals surface area contributed by atoms with Crippen molar-refractivity contribution in [2.45, 2.75) is 6.92 Å². The molecule has 1 aromatic carbocycles. The van der Waals surface area contributed by atoms with Crippen LogP contribution in [0.2, 0.25) is 5.02 Å². The monoisotopic (exact) mass is 344 g/mol. The first-order valence-corrected chi connectivity index (χ1v) is 8.10. The molecule has 0 atom stereocenters. The Morgan fingerprint density at radius 2 is 2.13 bits per heavy atom. The summed E-state index contributed by atoms with van der Waals surface area (Å²) in [7, 11) is 0. The van der Waals surface area contributed by atoms with E-state index in [0.29, 0.717) is 10.7 Å². The molecule has 3 rings (SSSR count). The number of amides is 1. The molecule has 0 aliphatic carbocycles. The number of aromatic amines is 1. The third-order valence-electron chi connectivity index (χ3n) is 3.19. The molecule has 2 heterocycles. The fourth-order valence-corrected chi connectivity index (χ4v) is 2.97. The van der Waals surface area contributed by atoms with Crippen molar-refractivity contribution in [3.05, 3.63) is 64.1 Å². The van der Waals surface area contributed by atoms with Crippen molar-refractivity contribution in [3.8, 4) is 10.6 Å². The Morgan fingerprint density at radius 1 is 1.30 bits per heavy atom. The molecular weight excluding hydrogens is 332 g/mol. The van der Waals surface area contributed by atoms with E-state index in [1.807, 2.05) is 35.7 Å². The molecule has 0 spiro atoms. The fraction of sp³-hybridized carbons (Fsp3) is 0.0625. The van der Waals surface area contributed by atoms with Crippen LogP contribution >= 0.6 is 22.9 Å². The van der Waals surface area contributed by atoms with Gasteiger partial charge in [-0.05, 0) is 30.5 Å². The van der Waals surface area contributed by atoms with Crippen LogP contribution in [0.25, 0.3) is 10.6 Å². The topological polar surface area (TPSA) is 70.1 Å². The summed E-state index contributed by atoms with van der Waals surface area (Å²) in [5.41, 5.74) is 4.98. The van der Waals surface area contributed by atoms with E-state index in [4.69, 9.17) is 11.6 Å². The van der Waals surface area contributed by atoms with Crippen molar-refractivity contribution in [1.82, 2.24) is 15.6 Å². The normalized spacial score (nSPS) is 11.5. The number of carbonyl (C=O) groups excluding carboxylic acids is 1. The predicted molar refractivity (Wildman–Crippen MR) is 93.0 cm³/mol. The Hall–Kier alpha value is -2.44. The van der Waals surface area contributed by atoms with E-state index in [2.05, 4.69) is 20.7 Å². The van der Waals surface area contributed by atoms with E-state index < -0.39 is 0 Å². The number of hydrazone groups is 1. The van der Waals surface area contributed by atoms with Crippen molar-refractivity contribution in [1.29, 1.82) is 0 Å². The first kappa shape index (κ1) is 15.5. The largest absolute Gasteiger partial charge is 0.291 e. The highest BCUT2D eigenvalue weighted by atomic mass is 35.5. The minimum atomic E-state index is -0.379. The van der Waals surface area contributed by atoms with E-state index in [9.17, 15) is 4.79 Å².